The van der Waals surface area contributed by atoms with Gasteiger partial charge in [-0.25, -0.2) is 0 Å². The minimum atomic E-state index is -1.45. The van der Waals surface area contributed by atoms with Crippen LogP contribution in [0.25, 0.3) is 0 Å². The van der Waals surface area contributed by atoms with Crippen LogP contribution in [0.5, 0.6) is 0 Å². The quantitative estimate of drug-likeness (QED) is 0.351. The lowest BCUT2D eigenvalue weighted by molar-refractivity contribution is -0.143. The number of carbonyl (C=O) groups excluding carboxylic acids is 1. The van der Waals surface area contributed by atoms with Gasteiger partial charge in [-0.2, -0.15) is 0 Å². The molecule has 5 heteroatoms. The van der Waals surface area contributed by atoms with Crippen LogP contribution in [0.15, 0.2) is 11.1 Å². The topological polar surface area (TPSA) is 87.0 Å². The molecule has 0 heterocycles. The van der Waals surface area contributed by atoms with Gasteiger partial charge in [0.1, 0.15) is 11.4 Å². The summed E-state index contributed by atoms with van der Waals surface area (Å²) in [5, 5.41) is 30.2. The number of ether oxygens (including phenoxy) is 1. The Morgan fingerprint density at radius 3 is 2.38 bits per heavy atom. The molecule has 0 amide bonds. The molecule has 0 spiro atoms. The van der Waals surface area contributed by atoms with E-state index in [1.54, 1.807) is 11.1 Å². The van der Waals surface area contributed by atoms with Crippen LogP contribution in [-0.4, -0.2) is 52.1 Å². The standard InChI is InChI=1S/C32H54O5/c1-9-37-23-18-24-28(3,4)25(34)14-15-29(24,5)22-13-16-30(6)21(12-17-31(30,7)27(22)23)20(2)10-11-26(35)32(8,36)19-33/h20-21,23-24,26,33,35-36H,9-19H2,1-8H3/t20-,21-,23?,24+,26?,29-,30-,31+,32?/m1/s1. The van der Waals surface area contributed by atoms with E-state index in [0.29, 0.717) is 43.0 Å². The smallest absolute Gasteiger partial charge is 0.138 e. The molecule has 0 radical (unpaired) electrons. The number of carbonyl (C=O) groups is 1. The highest BCUT2D eigenvalue weighted by Crippen LogP contribution is 2.72. The Kier molecular flexibility index (Phi) is 7.67. The van der Waals surface area contributed by atoms with E-state index in [-0.39, 0.29) is 27.8 Å². The van der Waals surface area contributed by atoms with Crippen LogP contribution < -0.4 is 0 Å². The van der Waals surface area contributed by atoms with Gasteiger partial charge < -0.3 is 20.1 Å². The molecule has 4 rings (SSSR count). The second-order valence-corrected chi connectivity index (χ2v) is 14.7. The van der Waals surface area contributed by atoms with Crippen LogP contribution in [0.1, 0.15) is 113 Å². The van der Waals surface area contributed by atoms with E-state index < -0.39 is 18.3 Å². The predicted molar refractivity (Wildman–Crippen MR) is 147 cm³/mol. The lowest BCUT2D eigenvalue weighted by Crippen LogP contribution is -2.57. The normalized spacial score (nSPS) is 42.5. The number of aliphatic hydroxyl groups excluding tert-OH is 2. The van der Waals surface area contributed by atoms with Crippen molar-refractivity contribution in [3.8, 4) is 0 Å². The highest BCUT2D eigenvalue weighted by atomic mass is 16.5. The third-order valence-corrected chi connectivity index (χ3v) is 12.5. The molecule has 4 aliphatic rings. The summed E-state index contributed by atoms with van der Waals surface area (Å²) in [7, 11) is 0. The number of hydrogen-bond acceptors (Lipinski definition) is 5. The average molecular weight is 519 g/mol. The van der Waals surface area contributed by atoms with Crippen LogP contribution in [0.4, 0.5) is 0 Å². The van der Waals surface area contributed by atoms with E-state index in [9.17, 15) is 20.1 Å². The fraction of sp³-hybridized carbons (Fsp3) is 0.906. The Morgan fingerprint density at radius 1 is 1.08 bits per heavy atom. The van der Waals surface area contributed by atoms with Crippen molar-refractivity contribution in [1.29, 1.82) is 0 Å². The minimum Gasteiger partial charge on any atom is -0.393 e. The van der Waals surface area contributed by atoms with Gasteiger partial charge >= 0.3 is 0 Å². The van der Waals surface area contributed by atoms with Gasteiger partial charge in [0.25, 0.3) is 0 Å². The summed E-state index contributed by atoms with van der Waals surface area (Å²) in [6, 6.07) is 0. The number of rotatable bonds is 8. The van der Waals surface area contributed by atoms with Crippen LogP contribution in [-0.2, 0) is 9.53 Å². The maximum atomic E-state index is 13.0. The van der Waals surface area contributed by atoms with Gasteiger partial charge in [-0.15, -0.1) is 0 Å². The molecule has 3 unspecified atom stereocenters. The summed E-state index contributed by atoms with van der Waals surface area (Å²) >= 11 is 0. The lowest BCUT2D eigenvalue weighted by atomic mass is 9.43. The van der Waals surface area contributed by atoms with Gasteiger partial charge in [0.2, 0.25) is 0 Å². The lowest BCUT2D eigenvalue weighted by Gasteiger charge is -2.62. The van der Waals surface area contributed by atoms with Crippen LogP contribution in [0.2, 0.25) is 0 Å². The minimum absolute atomic E-state index is 0.0636. The summed E-state index contributed by atoms with van der Waals surface area (Å²) in [5.74, 6) is 1.69. The maximum Gasteiger partial charge on any atom is 0.138 e. The maximum absolute atomic E-state index is 13.0. The first-order chi connectivity index (χ1) is 17.1. The first-order valence-corrected chi connectivity index (χ1v) is 15.0. The molecule has 3 N–H and O–H groups in total. The molecule has 0 bridgehead atoms. The Bertz CT molecular complexity index is 920. The Hall–Kier alpha value is -0.750. The fourth-order valence-electron chi connectivity index (χ4n) is 9.77. The summed E-state index contributed by atoms with van der Waals surface area (Å²) in [6.07, 6.45) is 7.66. The van der Waals surface area contributed by atoms with Crippen molar-refractivity contribution in [2.75, 3.05) is 13.2 Å². The Balaban J connectivity index is 1.68. The van der Waals surface area contributed by atoms with E-state index in [4.69, 9.17) is 4.74 Å². The van der Waals surface area contributed by atoms with Crippen molar-refractivity contribution in [3.63, 3.8) is 0 Å². The number of ketones is 1. The molecular formula is C32H54O5. The largest absolute Gasteiger partial charge is 0.393 e. The first-order valence-electron chi connectivity index (χ1n) is 15.0. The second kappa shape index (κ2) is 9.71. The third kappa shape index (κ3) is 4.30. The molecule has 5 nitrogen and oxygen atoms in total. The SMILES string of the molecule is CCOC1C[C@H]2C(C)(C)C(=O)CC[C@]2(C)C2=C1[C@]1(C)CC[C@H]([C@H](C)CCC(O)C(C)(O)CO)[C@@]1(C)CC2. The van der Waals surface area contributed by atoms with Crippen molar-refractivity contribution in [2.24, 2.45) is 39.4 Å². The highest BCUT2D eigenvalue weighted by molar-refractivity contribution is 5.85. The molecule has 9 atom stereocenters. The van der Waals surface area contributed by atoms with Crippen molar-refractivity contribution >= 4 is 5.78 Å². The fourth-order valence-corrected chi connectivity index (χ4v) is 9.77. The van der Waals surface area contributed by atoms with E-state index in [2.05, 4.69) is 48.5 Å². The Labute approximate surface area is 225 Å². The van der Waals surface area contributed by atoms with E-state index in [0.717, 1.165) is 38.5 Å². The van der Waals surface area contributed by atoms with Gasteiger partial charge in [-0.3, -0.25) is 4.79 Å². The predicted octanol–water partition coefficient (Wildman–Crippen LogP) is 5.84. The van der Waals surface area contributed by atoms with E-state index >= 15 is 0 Å². The van der Waals surface area contributed by atoms with Gasteiger partial charge in [0.05, 0.1) is 18.8 Å². The summed E-state index contributed by atoms with van der Waals surface area (Å²) in [4.78, 5) is 13.0. The zero-order valence-corrected chi connectivity index (χ0v) is 24.8. The van der Waals surface area contributed by atoms with Gasteiger partial charge in [-0.1, -0.05) is 47.1 Å². The summed E-state index contributed by atoms with van der Waals surface area (Å²) in [5.41, 5.74) is 1.70. The monoisotopic (exact) mass is 518 g/mol. The number of Topliss-reactive ketones (excluding diaryl/α,β-unsaturated/α-hetero) is 1. The molecule has 4 aliphatic carbocycles. The third-order valence-electron chi connectivity index (χ3n) is 12.5. The van der Waals surface area contributed by atoms with Crippen molar-refractivity contribution < 1.29 is 24.9 Å². The second-order valence-electron chi connectivity index (χ2n) is 14.7. The zero-order valence-electron chi connectivity index (χ0n) is 24.8. The molecule has 2 fully saturated rings. The summed E-state index contributed by atoms with van der Waals surface area (Å²) in [6.45, 7) is 18.0. The molecule has 2 saturated carbocycles. The summed E-state index contributed by atoms with van der Waals surface area (Å²) < 4.78 is 6.56. The first kappa shape index (κ1) is 29.2. The van der Waals surface area contributed by atoms with Crippen molar-refractivity contribution in [3.05, 3.63) is 11.1 Å². The molecule has 0 aliphatic heterocycles. The van der Waals surface area contributed by atoms with Crippen molar-refractivity contribution in [1.82, 2.24) is 0 Å². The van der Waals surface area contributed by atoms with Gasteiger partial charge in [-0.05, 0) is 105 Å². The van der Waals surface area contributed by atoms with Crippen LogP contribution >= 0.6 is 0 Å². The van der Waals surface area contributed by atoms with Crippen LogP contribution in [0.3, 0.4) is 0 Å². The number of fused-ring (bicyclic) bond motifs is 4. The highest BCUT2D eigenvalue weighted by Gasteiger charge is 2.65. The van der Waals surface area contributed by atoms with Gasteiger partial charge in [0, 0.05) is 18.4 Å². The molecule has 37 heavy (non-hydrogen) atoms. The number of aliphatic hydroxyl groups is 3. The molecule has 0 aromatic rings. The molecule has 0 aromatic carbocycles. The average Bonchev–Trinajstić information content (AvgIpc) is 3.12. The van der Waals surface area contributed by atoms with Crippen LogP contribution in [0, 0.1) is 39.4 Å². The van der Waals surface area contributed by atoms with E-state index in [1.165, 1.54) is 13.3 Å². The van der Waals surface area contributed by atoms with Crippen molar-refractivity contribution in [2.45, 2.75) is 131 Å². The zero-order chi connectivity index (χ0) is 27.6. The molecule has 0 aromatic heterocycles. The molecule has 212 valence electrons. The molecule has 0 saturated heterocycles. The molecular weight excluding hydrogens is 464 g/mol. The number of allylic oxidation sites excluding steroid dienone is 1. The number of hydrogen-bond donors (Lipinski definition) is 3. The van der Waals surface area contributed by atoms with E-state index in [1.807, 2.05) is 0 Å². The Morgan fingerprint density at radius 2 is 1.76 bits per heavy atom. The van der Waals surface area contributed by atoms with Gasteiger partial charge in [0.15, 0.2) is 0 Å².